The van der Waals surface area contributed by atoms with Crippen LogP contribution in [0.3, 0.4) is 0 Å². The summed E-state index contributed by atoms with van der Waals surface area (Å²) in [4.78, 5) is 0. The summed E-state index contributed by atoms with van der Waals surface area (Å²) >= 11 is 0. The van der Waals surface area contributed by atoms with Gasteiger partial charge in [-0.1, -0.05) is 5.21 Å². The van der Waals surface area contributed by atoms with Crippen LogP contribution in [0.2, 0.25) is 0 Å². The first-order valence-corrected chi connectivity index (χ1v) is 6.49. The Morgan fingerprint density at radius 3 is 2.27 bits per heavy atom. The molecule has 1 heterocycles. The van der Waals surface area contributed by atoms with Gasteiger partial charge in [0, 0.05) is 12.1 Å². The highest BCUT2D eigenvalue weighted by atomic mass is 16.5. The fourth-order valence-electron chi connectivity index (χ4n) is 2.20. The van der Waals surface area contributed by atoms with Gasteiger partial charge in [-0.3, -0.25) is 0 Å². The fourth-order valence-corrected chi connectivity index (χ4v) is 2.20. The van der Waals surface area contributed by atoms with E-state index in [9.17, 15) is 0 Å². The number of nitrogens with two attached hydrogens (primary N) is 1. The van der Waals surface area contributed by atoms with E-state index in [2.05, 4.69) is 10.3 Å². The first-order valence-electron chi connectivity index (χ1n) is 6.49. The molecule has 0 aliphatic heterocycles. The lowest BCUT2D eigenvalue weighted by molar-refractivity contribution is 0.324. The molecule has 0 radical (unpaired) electrons. The van der Waals surface area contributed by atoms with E-state index >= 15 is 0 Å². The second-order valence-corrected chi connectivity index (χ2v) is 4.32. The molecule has 0 amide bonds. The molecular weight excluding hydrogens is 286 g/mol. The maximum absolute atomic E-state index is 8.92. The van der Waals surface area contributed by atoms with E-state index in [1.165, 1.54) is 26.0 Å². The molecule has 0 saturated carbocycles. The van der Waals surface area contributed by atoms with Crippen LogP contribution < -0.4 is 19.9 Å². The molecule has 2 aromatic rings. The number of rotatable bonds is 6. The molecule has 8 nitrogen and oxygen atoms in total. The zero-order chi connectivity index (χ0) is 16.1. The topological polar surface area (TPSA) is 108 Å². The van der Waals surface area contributed by atoms with Crippen molar-refractivity contribution in [3.8, 4) is 34.6 Å². The number of nitrogens with zero attached hydrogens (tertiary/aromatic N) is 4. The minimum Gasteiger partial charge on any atom is -0.493 e. The zero-order valence-corrected chi connectivity index (χ0v) is 12.7. The van der Waals surface area contributed by atoms with E-state index < -0.39 is 0 Å². The number of nitriles is 1. The van der Waals surface area contributed by atoms with Gasteiger partial charge in [-0.2, -0.15) is 5.26 Å². The van der Waals surface area contributed by atoms with Crippen LogP contribution in [0.1, 0.15) is 5.69 Å². The maximum atomic E-state index is 8.92. The van der Waals surface area contributed by atoms with Gasteiger partial charge in [-0.15, -0.1) is 5.10 Å². The Balaban J connectivity index is 2.67. The van der Waals surface area contributed by atoms with Crippen molar-refractivity contribution in [2.45, 2.75) is 13.1 Å². The van der Waals surface area contributed by atoms with Gasteiger partial charge in [-0.05, 0) is 12.1 Å². The van der Waals surface area contributed by atoms with Gasteiger partial charge < -0.3 is 19.9 Å². The molecule has 0 fully saturated rings. The summed E-state index contributed by atoms with van der Waals surface area (Å²) in [6.45, 7) is 0.274. The van der Waals surface area contributed by atoms with E-state index in [0.29, 0.717) is 28.6 Å². The van der Waals surface area contributed by atoms with Crippen molar-refractivity contribution in [2.75, 3.05) is 21.3 Å². The lowest BCUT2D eigenvalue weighted by atomic mass is 10.1. The van der Waals surface area contributed by atoms with Crippen LogP contribution in [-0.4, -0.2) is 36.3 Å². The van der Waals surface area contributed by atoms with Gasteiger partial charge in [-0.25, -0.2) is 4.68 Å². The van der Waals surface area contributed by atoms with Crippen LogP contribution in [0.15, 0.2) is 12.1 Å². The summed E-state index contributed by atoms with van der Waals surface area (Å²) in [7, 11) is 4.61. The molecule has 8 heteroatoms. The molecule has 0 saturated heterocycles. The van der Waals surface area contributed by atoms with E-state index in [1.807, 2.05) is 6.07 Å². The Kier molecular flexibility index (Phi) is 4.80. The van der Waals surface area contributed by atoms with Gasteiger partial charge in [0.1, 0.15) is 12.2 Å². The number of methoxy groups -OCH3 is 3. The van der Waals surface area contributed by atoms with Crippen LogP contribution in [0.25, 0.3) is 11.3 Å². The Morgan fingerprint density at radius 1 is 1.18 bits per heavy atom. The summed E-state index contributed by atoms with van der Waals surface area (Å²) in [5.41, 5.74) is 7.68. The molecular formula is C14H17N5O3. The third-order valence-corrected chi connectivity index (χ3v) is 3.16. The molecule has 116 valence electrons. The molecule has 0 atom stereocenters. The normalized spacial score (nSPS) is 10.1. The third-order valence-electron chi connectivity index (χ3n) is 3.16. The van der Waals surface area contributed by atoms with Gasteiger partial charge >= 0.3 is 0 Å². The van der Waals surface area contributed by atoms with E-state index in [-0.39, 0.29) is 13.1 Å². The average Bonchev–Trinajstić information content (AvgIpc) is 2.96. The molecule has 1 aromatic heterocycles. The molecule has 2 N–H and O–H groups in total. The van der Waals surface area contributed by atoms with Crippen molar-refractivity contribution in [3.63, 3.8) is 0 Å². The highest BCUT2D eigenvalue weighted by Crippen LogP contribution is 2.41. The quantitative estimate of drug-likeness (QED) is 0.846. The largest absolute Gasteiger partial charge is 0.493 e. The third kappa shape index (κ3) is 2.66. The smallest absolute Gasteiger partial charge is 0.203 e. The number of benzene rings is 1. The summed E-state index contributed by atoms with van der Waals surface area (Å²) in [6.07, 6.45) is 0. The summed E-state index contributed by atoms with van der Waals surface area (Å²) in [6, 6.07) is 5.59. The first-order chi connectivity index (χ1) is 10.7. The second kappa shape index (κ2) is 6.78. The van der Waals surface area contributed by atoms with Crippen molar-refractivity contribution in [1.29, 1.82) is 5.26 Å². The van der Waals surface area contributed by atoms with Crippen molar-refractivity contribution in [1.82, 2.24) is 15.0 Å². The molecule has 0 spiro atoms. The summed E-state index contributed by atoms with van der Waals surface area (Å²) < 4.78 is 17.5. The molecule has 0 aliphatic carbocycles. The predicted octanol–water partition coefficient (Wildman–Crippen LogP) is 0.953. The highest BCUT2D eigenvalue weighted by molar-refractivity contribution is 5.70. The lowest BCUT2D eigenvalue weighted by Gasteiger charge is -2.14. The first kappa shape index (κ1) is 15.6. The van der Waals surface area contributed by atoms with Crippen molar-refractivity contribution in [3.05, 3.63) is 17.8 Å². The summed E-state index contributed by atoms with van der Waals surface area (Å²) in [5, 5.41) is 16.9. The van der Waals surface area contributed by atoms with Gasteiger partial charge in [0.25, 0.3) is 0 Å². The van der Waals surface area contributed by atoms with Crippen molar-refractivity contribution < 1.29 is 14.2 Å². The Bertz CT molecular complexity index is 680. The number of hydrogen-bond acceptors (Lipinski definition) is 7. The van der Waals surface area contributed by atoms with Gasteiger partial charge in [0.2, 0.25) is 5.75 Å². The fraction of sp³-hybridized carbons (Fsp3) is 0.357. The SMILES string of the molecule is COc1cc(-c2c(CN)nnn2CC#N)cc(OC)c1OC. The minimum atomic E-state index is 0.0684. The number of hydrogen-bond donors (Lipinski definition) is 1. The standard InChI is InChI=1S/C14H17N5O3/c1-20-11-6-9(7-12(21-2)14(11)22-3)13-10(8-16)17-18-19(13)5-4-15/h6-7H,5,8,16H2,1-3H3. The van der Waals surface area contributed by atoms with E-state index in [0.717, 1.165) is 5.56 Å². The summed E-state index contributed by atoms with van der Waals surface area (Å²) in [5.74, 6) is 1.50. The molecule has 0 bridgehead atoms. The van der Waals surface area contributed by atoms with Crippen LogP contribution in [-0.2, 0) is 13.1 Å². The highest BCUT2D eigenvalue weighted by Gasteiger charge is 2.19. The van der Waals surface area contributed by atoms with Gasteiger partial charge in [0.15, 0.2) is 11.5 Å². The average molecular weight is 303 g/mol. The molecule has 2 rings (SSSR count). The van der Waals surface area contributed by atoms with E-state index in [4.69, 9.17) is 25.2 Å². The van der Waals surface area contributed by atoms with Crippen LogP contribution in [0.5, 0.6) is 17.2 Å². The predicted molar refractivity (Wildman–Crippen MR) is 78.6 cm³/mol. The Morgan fingerprint density at radius 2 is 1.82 bits per heavy atom. The van der Waals surface area contributed by atoms with Crippen molar-refractivity contribution >= 4 is 0 Å². The number of ether oxygens (including phenoxy) is 3. The second-order valence-electron chi connectivity index (χ2n) is 4.32. The molecule has 0 unspecified atom stereocenters. The van der Waals surface area contributed by atoms with Crippen LogP contribution >= 0.6 is 0 Å². The van der Waals surface area contributed by atoms with Crippen molar-refractivity contribution in [2.24, 2.45) is 5.73 Å². The lowest BCUT2D eigenvalue weighted by Crippen LogP contribution is -2.04. The maximum Gasteiger partial charge on any atom is 0.203 e. The van der Waals surface area contributed by atoms with Crippen LogP contribution in [0.4, 0.5) is 0 Å². The monoisotopic (exact) mass is 303 g/mol. The molecule has 22 heavy (non-hydrogen) atoms. The Labute approximate surface area is 128 Å². The van der Waals surface area contributed by atoms with Gasteiger partial charge in [0.05, 0.1) is 33.1 Å². The Hall–Kier alpha value is -2.79. The minimum absolute atomic E-state index is 0.0684. The van der Waals surface area contributed by atoms with Crippen LogP contribution in [0, 0.1) is 11.3 Å². The number of aromatic nitrogens is 3. The zero-order valence-electron chi connectivity index (χ0n) is 12.7. The molecule has 0 aliphatic rings. The van der Waals surface area contributed by atoms with E-state index in [1.54, 1.807) is 12.1 Å². The molecule has 1 aromatic carbocycles.